The van der Waals surface area contributed by atoms with Crippen LogP contribution in [0.2, 0.25) is 0 Å². The number of rotatable bonds is 15. The molecule has 11 N–H and O–H groups in total. The Morgan fingerprint density at radius 1 is 1.06 bits per heavy atom. The van der Waals surface area contributed by atoms with Crippen LogP contribution in [0.25, 0.3) is 0 Å². The number of nitrogens with two attached hydrogens (primary N) is 4. The summed E-state index contributed by atoms with van der Waals surface area (Å²) in [5.74, 6) is -3.56. The van der Waals surface area contributed by atoms with Crippen molar-refractivity contribution in [2.45, 2.75) is 83.0 Å². The molecular formula is C22H40N8O6. The smallest absolute Gasteiger partial charge is 0.326 e. The number of amides is 4. The number of hydrogen-bond acceptors (Lipinski definition) is 7. The van der Waals surface area contributed by atoms with E-state index in [0.29, 0.717) is 25.8 Å². The van der Waals surface area contributed by atoms with Gasteiger partial charge in [0.2, 0.25) is 23.6 Å². The van der Waals surface area contributed by atoms with Gasteiger partial charge >= 0.3 is 5.97 Å². The lowest BCUT2D eigenvalue weighted by Gasteiger charge is -2.28. The molecular weight excluding hydrogens is 472 g/mol. The first kappa shape index (κ1) is 30.6. The van der Waals surface area contributed by atoms with E-state index in [0.717, 1.165) is 0 Å². The van der Waals surface area contributed by atoms with Crippen molar-refractivity contribution < 1.29 is 29.1 Å². The van der Waals surface area contributed by atoms with Crippen molar-refractivity contribution in [1.82, 2.24) is 15.5 Å². The quantitative estimate of drug-likeness (QED) is 0.0708. The topological polar surface area (TPSA) is 249 Å². The number of carboxylic acid groups (broad SMARTS) is 1. The molecule has 1 saturated heterocycles. The van der Waals surface area contributed by atoms with E-state index >= 15 is 0 Å². The van der Waals surface area contributed by atoms with Gasteiger partial charge in [0.25, 0.3) is 0 Å². The van der Waals surface area contributed by atoms with Crippen LogP contribution in [0.15, 0.2) is 4.99 Å². The number of nitrogens with one attached hydrogen (secondary N) is 2. The minimum Gasteiger partial charge on any atom is -0.480 e. The van der Waals surface area contributed by atoms with Crippen LogP contribution in [-0.2, 0) is 24.0 Å². The highest BCUT2D eigenvalue weighted by molar-refractivity contribution is 5.94. The summed E-state index contributed by atoms with van der Waals surface area (Å²) in [6.45, 7) is 4.17. The molecule has 4 atom stereocenters. The first-order valence-corrected chi connectivity index (χ1v) is 12.1. The summed E-state index contributed by atoms with van der Waals surface area (Å²) < 4.78 is 0. The molecule has 0 aromatic carbocycles. The number of carbonyl (C=O) groups excluding carboxylic acids is 4. The second kappa shape index (κ2) is 14.9. The van der Waals surface area contributed by atoms with Gasteiger partial charge in [-0.2, -0.15) is 0 Å². The number of primary amides is 1. The van der Waals surface area contributed by atoms with Crippen LogP contribution in [0.1, 0.15) is 58.8 Å². The van der Waals surface area contributed by atoms with Gasteiger partial charge in [-0.05, 0) is 44.4 Å². The summed E-state index contributed by atoms with van der Waals surface area (Å²) in [5, 5.41) is 14.6. The number of aliphatic carboxylic acids is 1. The Balaban J connectivity index is 2.95. The van der Waals surface area contributed by atoms with Gasteiger partial charge < -0.3 is 43.6 Å². The molecule has 204 valence electrons. The van der Waals surface area contributed by atoms with Crippen LogP contribution in [-0.4, -0.2) is 82.8 Å². The molecule has 0 radical (unpaired) electrons. The van der Waals surface area contributed by atoms with Crippen molar-refractivity contribution in [3.63, 3.8) is 0 Å². The highest BCUT2D eigenvalue weighted by atomic mass is 16.4. The normalized spacial score (nSPS) is 17.7. The van der Waals surface area contributed by atoms with Gasteiger partial charge in [-0.3, -0.25) is 24.2 Å². The molecule has 0 spiro atoms. The van der Waals surface area contributed by atoms with E-state index in [9.17, 15) is 29.1 Å². The van der Waals surface area contributed by atoms with Gasteiger partial charge in [-0.1, -0.05) is 13.8 Å². The van der Waals surface area contributed by atoms with Crippen molar-refractivity contribution in [2.24, 2.45) is 33.8 Å². The van der Waals surface area contributed by atoms with Gasteiger partial charge in [0, 0.05) is 19.5 Å². The Hall–Kier alpha value is -3.42. The fourth-order valence-corrected chi connectivity index (χ4v) is 3.94. The lowest BCUT2D eigenvalue weighted by molar-refractivity contribution is -0.143. The van der Waals surface area contributed by atoms with E-state index in [1.807, 2.05) is 13.8 Å². The summed E-state index contributed by atoms with van der Waals surface area (Å²) in [4.78, 5) is 66.7. The Kier molecular flexibility index (Phi) is 12.6. The molecule has 1 aliphatic rings. The zero-order valence-electron chi connectivity index (χ0n) is 20.9. The Labute approximate surface area is 210 Å². The predicted molar refractivity (Wildman–Crippen MR) is 132 cm³/mol. The Morgan fingerprint density at radius 2 is 1.72 bits per heavy atom. The van der Waals surface area contributed by atoms with E-state index in [2.05, 4.69) is 15.6 Å². The first-order valence-electron chi connectivity index (χ1n) is 12.1. The molecule has 0 aromatic heterocycles. The third-order valence-electron chi connectivity index (χ3n) is 5.76. The maximum atomic E-state index is 13.1. The van der Waals surface area contributed by atoms with E-state index in [-0.39, 0.29) is 44.1 Å². The Morgan fingerprint density at radius 3 is 2.28 bits per heavy atom. The fourth-order valence-electron chi connectivity index (χ4n) is 3.94. The molecule has 1 aliphatic heterocycles. The number of carboxylic acids is 1. The molecule has 0 aliphatic carbocycles. The van der Waals surface area contributed by atoms with Crippen LogP contribution in [0.5, 0.6) is 0 Å². The van der Waals surface area contributed by atoms with Crippen molar-refractivity contribution in [1.29, 1.82) is 0 Å². The van der Waals surface area contributed by atoms with Crippen LogP contribution in [0.4, 0.5) is 0 Å². The first-order chi connectivity index (χ1) is 16.8. The van der Waals surface area contributed by atoms with Gasteiger partial charge in [0.05, 0.1) is 6.04 Å². The number of aliphatic imine (C=N–C) groups is 1. The molecule has 14 nitrogen and oxygen atoms in total. The van der Waals surface area contributed by atoms with E-state index in [4.69, 9.17) is 22.9 Å². The lowest BCUT2D eigenvalue weighted by Crippen LogP contribution is -2.56. The minimum atomic E-state index is -1.18. The predicted octanol–water partition coefficient (Wildman–Crippen LogP) is -2.28. The van der Waals surface area contributed by atoms with E-state index in [1.165, 1.54) is 4.90 Å². The zero-order valence-corrected chi connectivity index (χ0v) is 20.9. The van der Waals surface area contributed by atoms with Gasteiger partial charge in [-0.25, -0.2) is 4.79 Å². The van der Waals surface area contributed by atoms with Crippen molar-refractivity contribution in [2.75, 3.05) is 13.1 Å². The summed E-state index contributed by atoms with van der Waals surface area (Å²) in [6, 6.07) is -4.03. The average molecular weight is 513 g/mol. The minimum absolute atomic E-state index is 0.0122. The van der Waals surface area contributed by atoms with Crippen molar-refractivity contribution in [3.8, 4) is 0 Å². The zero-order chi connectivity index (χ0) is 27.4. The Bertz CT molecular complexity index is 829. The fraction of sp³-hybridized carbons (Fsp3) is 0.727. The third kappa shape index (κ3) is 10.5. The number of carbonyl (C=O) groups is 5. The molecule has 4 unspecified atom stereocenters. The number of hydrogen-bond donors (Lipinski definition) is 7. The van der Waals surface area contributed by atoms with Gasteiger partial charge in [-0.15, -0.1) is 0 Å². The largest absolute Gasteiger partial charge is 0.480 e. The highest BCUT2D eigenvalue weighted by Crippen LogP contribution is 2.20. The molecule has 36 heavy (non-hydrogen) atoms. The molecule has 1 rings (SSSR count). The van der Waals surface area contributed by atoms with Gasteiger partial charge in [0.15, 0.2) is 5.96 Å². The molecule has 1 fully saturated rings. The molecule has 4 amide bonds. The van der Waals surface area contributed by atoms with E-state index < -0.39 is 53.8 Å². The maximum Gasteiger partial charge on any atom is 0.326 e. The second-order valence-electron chi connectivity index (χ2n) is 9.34. The summed E-state index contributed by atoms with van der Waals surface area (Å²) in [5.41, 5.74) is 21.7. The maximum absolute atomic E-state index is 13.1. The summed E-state index contributed by atoms with van der Waals surface area (Å²) in [6.07, 6.45) is 1.61. The molecule has 0 bridgehead atoms. The average Bonchev–Trinajstić information content (AvgIpc) is 3.27. The van der Waals surface area contributed by atoms with Crippen LogP contribution in [0, 0.1) is 5.92 Å². The van der Waals surface area contributed by atoms with E-state index in [1.54, 1.807) is 0 Å². The number of guanidine groups is 1. The van der Waals surface area contributed by atoms with Crippen molar-refractivity contribution >= 4 is 35.6 Å². The number of nitrogens with zero attached hydrogens (tertiary/aromatic N) is 2. The highest BCUT2D eigenvalue weighted by Gasteiger charge is 2.38. The SMILES string of the molecule is CC(C)CC(NC(=O)C(CCCN=C(N)N)NC(=O)C1CCCN1C(=O)C(N)CCC(N)=O)C(=O)O. The third-order valence-corrected chi connectivity index (χ3v) is 5.76. The van der Waals surface area contributed by atoms with Crippen LogP contribution >= 0.6 is 0 Å². The van der Waals surface area contributed by atoms with Crippen LogP contribution in [0.3, 0.4) is 0 Å². The van der Waals surface area contributed by atoms with Crippen molar-refractivity contribution in [3.05, 3.63) is 0 Å². The van der Waals surface area contributed by atoms with Gasteiger partial charge in [0.1, 0.15) is 18.1 Å². The molecule has 0 aromatic rings. The van der Waals surface area contributed by atoms with Crippen LogP contribution < -0.4 is 33.6 Å². The number of likely N-dealkylation sites (tertiary alicyclic amines) is 1. The standard InChI is InChI=1S/C22H40N8O6/c1-12(2)11-15(21(35)36)29-18(32)14(5-3-9-27-22(25)26)28-19(33)16-6-4-10-30(16)20(34)13(23)7-8-17(24)31/h12-16H,3-11,23H2,1-2H3,(H2,24,31)(H,28,33)(H,29,32)(H,35,36)(H4,25,26,27). The second-order valence-corrected chi connectivity index (χ2v) is 9.34. The molecule has 14 heteroatoms. The molecule has 1 heterocycles. The lowest BCUT2D eigenvalue weighted by atomic mass is 10.0. The molecule has 0 saturated carbocycles. The monoisotopic (exact) mass is 512 g/mol. The summed E-state index contributed by atoms with van der Waals surface area (Å²) >= 11 is 0. The summed E-state index contributed by atoms with van der Waals surface area (Å²) in [7, 11) is 0.